The van der Waals surface area contributed by atoms with Crippen LogP contribution in [0.4, 0.5) is 5.69 Å². The van der Waals surface area contributed by atoms with Gasteiger partial charge in [0.2, 0.25) is 0 Å². The standard InChI is InChI=1S/C22H27NO4S/c1-4-27-20(13-17(3)24)15-19-14-18-7-5-6-8-22(18)23(19)28(25,26)21-11-9-16(2)10-12-21/h5-12,15,17,19,24H,4,13-14H2,1-3H3/b20-15+. The highest BCUT2D eigenvalue weighted by atomic mass is 32.2. The first kappa shape index (κ1) is 20.4. The number of hydrogen-bond acceptors (Lipinski definition) is 4. The molecule has 2 unspecified atom stereocenters. The SMILES string of the molecule is CCO/C(=C/C1Cc2ccccc2N1S(=O)(=O)c1ccc(C)cc1)CC(C)O. The molecule has 0 amide bonds. The number of anilines is 1. The predicted octanol–water partition coefficient (Wildman–Crippen LogP) is 3.81. The Labute approximate surface area is 167 Å². The molecular weight excluding hydrogens is 374 g/mol. The zero-order chi connectivity index (χ0) is 20.3. The highest BCUT2D eigenvalue weighted by Gasteiger charge is 2.37. The molecular formula is C22H27NO4S. The summed E-state index contributed by atoms with van der Waals surface area (Å²) >= 11 is 0. The van der Waals surface area contributed by atoms with Crippen molar-refractivity contribution in [3.8, 4) is 0 Å². The second kappa shape index (κ2) is 8.37. The van der Waals surface area contributed by atoms with Crippen molar-refractivity contribution in [1.29, 1.82) is 0 Å². The van der Waals surface area contributed by atoms with Crippen LogP contribution in [0.2, 0.25) is 0 Å². The predicted molar refractivity (Wildman–Crippen MR) is 111 cm³/mol. The fourth-order valence-corrected chi connectivity index (χ4v) is 5.15. The fourth-order valence-electron chi connectivity index (χ4n) is 3.51. The summed E-state index contributed by atoms with van der Waals surface area (Å²) in [5, 5.41) is 9.77. The third kappa shape index (κ3) is 4.23. The number of benzene rings is 2. The lowest BCUT2D eigenvalue weighted by atomic mass is 10.1. The summed E-state index contributed by atoms with van der Waals surface area (Å²) in [6.45, 7) is 5.96. The number of para-hydroxylation sites is 1. The first-order chi connectivity index (χ1) is 13.3. The highest BCUT2D eigenvalue weighted by molar-refractivity contribution is 7.92. The number of ether oxygens (including phenoxy) is 1. The smallest absolute Gasteiger partial charge is 0.264 e. The molecule has 1 aliphatic rings. The summed E-state index contributed by atoms with van der Waals surface area (Å²) in [4.78, 5) is 0.265. The number of aliphatic hydroxyl groups is 1. The number of aryl methyl sites for hydroxylation is 1. The Balaban J connectivity index is 2.06. The largest absolute Gasteiger partial charge is 0.498 e. The molecule has 0 spiro atoms. The average Bonchev–Trinajstić information content (AvgIpc) is 3.00. The first-order valence-corrected chi connectivity index (χ1v) is 11.0. The van der Waals surface area contributed by atoms with E-state index in [1.54, 1.807) is 31.2 Å². The second-order valence-electron chi connectivity index (χ2n) is 7.13. The van der Waals surface area contributed by atoms with Crippen molar-refractivity contribution < 1.29 is 18.3 Å². The van der Waals surface area contributed by atoms with Gasteiger partial charge >= 0.3 is 0 Å². The van der Waals surface area contributed by atoms with Gasteiger partial charge in [0, 0.05) is 6.42 Å². The molecule has 6 heteroatoms. The van der Waals surface area contributed by atoms with Gasteiger partial charge in [0.05, 0.1) is 35.1 Å². The van der Waals surface area contributed by atoms with Gasteiger partial charge in [-0.2, -0.15) is 0 Å². The van der Waals surface area contributed by atoms with Crippen LogP contribution in [-0.2, 0) is 21.2 Å². The second-order valence-corrected chi connectivity index (χ2v) is 8.95. The molecule has 150 valence electrons. The van der Waals surface area contributed by atoms with Crippen molar-refractivity contribution in [3.63, 3.8) is 0 Å². The van der Waals surface area contributed by atoms with Crippen molar-refractivity contribution in [2.75, 3.05) is 10.9 Å². The minimum Gasteiger partial charge on any atom is -0.498 e. The quantitative estimate of drug-likeness (QED) is 0.717. The summed E-state index contributed by atoms with van der Waals surface area (Å²) in [5.74, 6) is 0.611. The Morgan fingerprint density at radius 1 is 1.25 bits per heavy atom. The molecule has 0 aliphatic carbocycles. The molecule has 0 aromatic heterocycles. The molecule has 5 nitrogen and oxygen atoms in total. The van der Waals surface area contributed by atoms with Crippen molar-refractivity contribution in [3.05, 3.63) is 71.5 Å². The van der Waals surface area contributed by atoms with Crippen LogP contribution in [-0.4, -0.2) is 32.3 Å². The average molecular weight is 402 g/mol. The summed E-state index contributed by atoms with van der Waals surface area (Å²) in [5.41, 5.74) is 2.68. The molecule has 0 bridgehead atoms. The molecule has 1 N–H and O–H groups in total. The maximum atomic E-state index is 13.5. The molecule has 3 rings (SSSR count). The lowest BCUT2D eigenvalue weighted by molar-refractivity contribution is 0.147. The third-order valence-electron chi connectivity index (χ3n) is 4.74. The Morgan fingerprint density at radius 2 is 1.93 bits per heavy atom. The maximum absolute atomic E-state index is 13.5. The van der Waals surface area contributed by atoms with E-state index < -0.39 is 22.2 Å². The van der Waals surface area contributed by atoms with Crippen LogP contribution >= 0.6 is 0 Å². The van der Waals surface area contributed by atoms with E-state index in [9.17, 15) is 13.5 Å². The summed E-state index contributed by atoms with van der Waals surface area (Å²) in [7, 11) is -3.74. The normalized spacial score (nSPS) is 18.1. The number of aliphatic hydroxyl groups excluding tert-OH is 1. The summed E-state index contributed by atoms with van der Waals surface area (Å²) in [6, 6.07) is 14.1. The minimum absolute atomic E-state index is 0.265. The van der Waals surface area contributed by atoms with Gasteiger partial charge in [-0.25, -0.2) is 8.42 Å². The van der Waals surface area contributed by atoms with E-state index in [0.29, 0.717) is 30.9 Å². The van der Waals surface area contributed by atoms with Crippen molar-refractivity contribution in [2.24, 2.45) is 0 Å². The number of rotatable bonds is 7. The van der Waals surface area contributed by atoms with Crippen molar-refractivity contribution in [1.82, 2.24) is 0 Å². The van der Waals surface area contributed by atoms with Crippen LogP contribution in [0.5, 0.6) is 0 Å². The van der Waals surface area contributed by atoms with E-state index in [0.717, 1.165) is 11.1 Å². The molecule has 0 saturated heterocycles. The monoisotopic (exact) mass is 401 g/mol. The molecule has 1 aliphatic heterocycles. The molecule has 2 aromatic carbocycles. The first-order valence-electron chi connectivity index (χ1n) is 9.53. The molecule has 0 radical (unpaired) electrons. The molecule has 0 fully saturated rings. The lowest BCUT2D eigenvalue weighted by Crippen LogP contribution is -2.37. The number of fused-ring (bicyclic) bond motifs is 1. The van der Waals surface area contributed by atoms with Gasteiger partial charge in [-0.3, -0.25) is 4.31 Å². The van der Waals surface area contributed by atoms with Crippen LogP contribution < -0.4 is 4.31 Å². The van der Waals surface area contributed by atoms with E-state index in [2.05, 4.69) is 0 Å². The summed E-state index contributed by atoms with van der Waals surface area (Å²) < 4.78 is 34.1. The van der Waals surface area contributed by atoms with Crippen LogP contribution in [0.15, 0.2) is 65.3 Å². The lowest BCUT2D eigenvalue weighted by Gasteiger charge is -2.26. The molecule has 1 heterocycles. The van der Waals surface area contributed by atoms with Gasteiger partial charge in [0.15, 0.2) is 0 Å². The Hall–Kier alpha value is -2.31. The van der Waals surface area contributed by atoms with Crippen molar-refractivity contribution >= 4 is 15.7 Å². The zero-order valence-corrected chi connectivity index (χ0v) is 17.3. The molecule has 2 aromatic rings. The topological polar surface area (TPSA) is 66.8 Å². The maximum Gasteiger partial charge on any atom is 0.264 e. The van der Waals surface area contributed by atoms with Gasteiger partial charge in [-0.15, -0.1) is 0 Å². The Bertz CT molecular complexity index is 949. The number of nitrogens with zero attached hydrogens (tertiary/aromatic N) is 1. The molecule has 2 atom stereocenters. The number of sulfonamides is 1. The molecule has 0 saturated carbocycles. The van der Waals surface area contributed by atoms with Gasteiger partial charge in [-0.05, 0) is 57.0 Å². The highest BCUT2D eigenvalue weighted by Crippen LogP contribution is 2.37. The summed E-state index contributed by atoms with van der Waals surface area (Å²) in [6.07, 6.45) is 2.18. The van der Waals surface area contributed by atoms with Crippen LogP contribution in [0, 0.1) is 6.92 Å². The van der Waals surface area contributed by atoms with Gasteiger partial charge in [0.25, 0.3) is 10.0 Å². The van der Waals surface area contributed by atoms with Crippen molar-refractivity contribution in [2.45, 2.75) is 50.7 Å². The van der Waals surface area contributed by atoms with Crippen LogP contribution in [0.25, 0.3) is 0 Å². The van der Waals surface area contributed by atoms with Gasteiger partial charge in [-0.1, -0.05) is 35.9 Å². The zero-order valence-electron chi connectivity index (χ0n) is 16.5. The third-order valence-corrected chi connectivity index (χ3v) is 6.59. The van der Waals surface area contributed by atoms with E-state index >= 15 is 0 Å². The molecule has 28 heavy (non-hydrogen) atoms. The van der Waals surface area contributed by atoms with Gasteiger partial charge < -0.3 is 9.84 Å². The Morgan fingerprint density at radius 3 is 2.57 bits per heavy atom. The minimum atomic E-state index is -3.74. The van der Waals surface area contributed by atoms with Crippen LogP contribution in [0.3, 0.4) is 0 Å². The number of hydrogen-bond donors (Lipinski definition) is 1. The van der Waals surface area contributed by atoms with Crippen LogP contribution in [0.1, 0.15) is 31.4 Å². The van der Waals surface area contributed by atoms with E-state index in [-0.39, 0.29) is 4.90 Å². The Kier molecular flexibility index (Phi) is 6.10. The van der Waals surface area contributed by atoms with E-state index in [1.165, 1.54) is 4.31 Å². The fraction of sp³-hybridized carbons (Fsp3) is 0.364. The van der Waals surface area contributed by atoms with E-state index in [4.69, 9.17) is 4.74 Å². The van der Waals surface area contributed by atoms with Gasteiger partial charge in [0.1, 0.15) is 0 Å². The van der Waals surface area contributed by atoms with E-state index in [1.807, 2.05) is 44.2 Å².